The molecule has 0 aliphatic rings. The molecule has 0 heterocycles. The van der Waals surface area contributed by atoms with Crippen molar-refractivity contribution in [2.75, 3.05) is 7.11 Å². The first-order valence-corrected chi connectivity index (χ1v) is 5.34. The Morgan fingerprint density at radius 1 is 1.27 bits per heavy atom. The number of hydrogen-bond acceptors (Lipinski definition) is 4. The molecule has 0 N–H and O–H groups in total. The van der Waals surface area contributed by atoms with E-state index >= 15 is 0 Å². The van der Waals surface area contributed by atoms with Crippen LogP contribution in [0.3, 0.4) is 0 Å². The Morgan fingerprint density at radius 2 is 1.93 bits per heavy atom. The van der Waals surface area contributed by atoms with E-state index < -0.39 is 0 Å². The first-order valence-electron chi connectivity index (χ1n) is 5.34. The van der Waals surface area contributed by atoms with E-state index in [9.17, 15) is 9.59 Å². The van der Waals surface area contributed by atoms with Gasteiger partial charge in [-0.3, -0.25) is 9.59 Å². The molecule has 88 valence electrons. The standard InChI is InChI=1S/C11H20O4/c1-4-5-6-10(15-9(2)12)7-8-11(13)14-3/h10H,4-8H2,1-3H3. The number of carbonyl (C=O) groups excluding carboxylic acids is 2. The predicted molar refractivity (Wildman–Crippen MR) is 56.3 cm³/mol. The van der Waals surface area contributed by atoms with Gasteiger partial charge >= 0.3 is 11.9 Å². The van der Waals surface area contributed by atoms with Crippen molar-refractivity contribution in [1.29, 1.82) is 0 Å². The average molecular weight is 216 g/mol. The molecule has 1 atom stereocenters. The van der Waals surface area contributed by atoms with Gasteiger partial charge in [0.25, 0.3) is 0 Å². The average Bonchev–Trinajstić information content (AvgIpc) is 2.20. The molecule has 0 rings (SSSR count). The zero-order valence-electron chi connectivity index (χ0n) is 9.75. The quantitative estimate of drug-likeness (QED) is 0.611. The Balaban J connectivity index is 3.88. The highest BCUT2D eigenvalue weighted by Gasteiger charge is 2.13. The second-order valence-corrected chi connectivity index (χ2v) is 3.49. The molecule has 4 nitrogen and oxygen atoms in total. The molecular formula is C11H20O4. The lowest BCUT2D eigenvalue weighted by molar-refractivity contribution is -0.149. The van der Waals surface area contributed by atoms with Gasteiger partial charge in [0.1, 0.15) is 6.10 Å². The topological polar surface area (TPSA) is 52.6 Å². The fraction of sp³-hybridized carbons (Fsp3) is 0.818. The predicted octanol–water partition coefficient (Wildman–Crippen LogP) is 2.06. The summed E-state index contributed by atoms with van der Waals surface area (Å²) in [5.74, 6) is -0.551. The molecule has 0 aromatic carbocycles. The number of hydrogen-bond donors (Lipinski definition) is 0. The molecule has 0 aliphatic heterocycles. The van der Waals surface area contributed by atoms with Crippen LogP contribution in [0.1, 0.15) is 46.0 Å². The van der Waals surface area contributed by atoms with Gasteiger partial charge < -0.3 is 9.47 Å². The van der Waals surface area contributed by atoms with Crippen LogP contribution in [0.25, 0.3) is 0 Å². The molecule has 15 heavy (non-hydrogen) atoms. The summed E-state index contributed by atoms with van der Waals surface area (Å²) in [5, 5.41) is 0. The lowest BCUT2D eigenvalue weighted by Crippen LogP contribution is -2.18. The highest BCUT2D eigenvalue weighted by Crippen LogP contribution is 2.11. The lowest BCUT2D eigenvalue weighted by atomic mass is 10.1. The van der Waals surface area contributed by atoms with Gasteiger partial charge in [0.15, 0.2) is 0 Å². The minimum Gasteiger partial charge on any atom is -0.469 e. The zero-order valence-corrected chi connectivity index (χ0v) is 9.75. The monoisotopic (exact) mass is 216 g/mol. The second kappa shape index (κ2) is 8.26. The molecule has 0 aromatic rings. The first-order chi connectivity index (χ1) is 7.10. The molecular weight excluding hydrogens is 196 g/mol. The van der Waals surface area contributed by atoms with Crippen molar-refractivity contribution in [2.24, 2.45) is 0 Å². The van der Waals surface area contributed by atoms with E-state index in [-0.39, 0.29) is 18.0 Å². The van der Waals surface area contributed by atoms with Gasteiger partial charge in [-0.25, -0.2) is 0 Å². The summed E-state index contributed by atoms with van der Waals surface area (Å²) in [6.45, 7) is 3.46. The minimum absolute atomic E-state index is 0.151. The summed E-state index contributed by atoms with van der Waals surface area (Å²) in [6.07, 6.45) is 3.56. The summed E-state index contributed by atoms with van der Waals surface area (Å²) < 4.78 is 9.63. The van der Waals surface area contributed by atoms with Gasteiger partial charge in [0.2, 0.25) is 0 Å². The maximum absolute atomic E-state index is 10.9. The van der Waals surface area contributed by atoms with Crippen molar-refractivity contribution in [3.05, 3.63) is 0 Å². The zero-order chi connectivity index (χ0) is 11.7. The molecule has 4 heteroatoms. The van der Waals surface area contributed by atoms with E-state index in [1.165, 1.54) is 14.0 Å². The maximum atomic E-state index is 10.9. The lowest BCUT2D eigenvalue weighted by Gasteiger charge is -2.15. The van der Waals surface area contributed by atoms with Crippen molar-refractivity contribution in [1.82, 2.24) is 0 Å². The fourth-order valence-corrected chi connectivity index (χ4v) is 1.31. The fourth-order valence-electron chi connectivity index (χ4n) is 1.31. The van der Waals surface area contributed by atoms with Gasteiger partial charge in [0.05, 0.1) is 7.11 Å². The highest BCUT2D eigenvalue weighted by molar-refractivity contribution is 5.69. The Kier molecular flexibility index (Phi) is 7.68. The summed E-state index contributed by atoms with van der Waals surface area (Å²) >= 11 is 0. The summed E-state index contributed by atoms with van der Waals surface area (Å²) in [7, 11) is 1.36. The first kappa shape index (κ1) is 13.9. The van der Waals surface area contributed by atoms with Gasteiger partial charge in [0, 0.05) is 13.3 Å². The molecule has 1 unspecified atom stereocenters. The number of ether oxygens (including phenoxy) is 2. The molecule has 0 aromatic heterocycles. The van der Waals surface area contributed by atoms with E-state index in [2.05, 4.69) is 11.7 Å². The summed E-state index contributed by atoms with van der Waals surface area (Å²) in [6, 6.07) is 0. The van der Waals surface area contributed by atoms with Crippen molar-refractivity contribution >= 4 is 11.9 Å². The van der Waals surface area contributed by atoms with Crippen LogP contribution in [0.5, 0.6) is 0 Å². The largest absolute Gasteiger partial charge is 0.469 e. The van der Waals surface area contributed by atoms with Crippen LogP contribution < -0.4 is 0 Å². The van der Waals surface area contributed by atoms with E-state index in [0.29, 0.717) is 12.8 Å². The van der Waals surface area contributed by atoms with Crippen molar-refractivity contribution in [2.45, 2.75) is 52.1 Å². The van der Waals surface area contributed by atoms with Crippen molar-refractivity contribution in [3.8, 4) is 0 Å². The van der Waals surface area contributed by atoms with Crippen molar-refractivity contribution in [3.63, 3.8) is 0 Å². The van der Waals surface area contributed by atoms with Crippen LogP contribution in [0.15, 0.2) is 0 Å². The maximum Gasteiger partial charge on any atom is 0.305 e. The van der Waals surface area contributed by atoms with Crippen LogP contribution >= 0.6 is 0 Å². The van der Waals surface area contributed by atoms with Gasteiger partial charge in [-0.05, 0) is 12.8 Å². The number of methoxy groups -OCH3 is 1. The van der Waals surface area contributed by atoms with Crippen LogP contribution in [-0.4, -0.2) is 25.2 Å². The van der Waals surface area contributed by atoms with E-state index in [0.717, 1.165) is 19.3 Å². The Labute approximate surface area is 90.9 Å². The van der Waals surface area contributed by atoms with E-state index in [4.69, 9.17) is 4.74 Å². The highest BCUT2D eigenvalue weighted by atomic mass is 16.5. The van der Waals surface area contributed by atoms with E-state index in [1.807, 2.05) is 0 Å². The van der Waals surface area contributed by atoms with Gasteiger partial charge in [-0.1, -0.05) is 19.8 Å². The Morgan fingerprint density at radius 3 is 2.40 bits per heavy atom. The number of carbonyl (C=O) groups is 2. The number of unbranched alkanes of at least 4 members (excludes halogenated alkanes) is 1. The number of rotatable bonds is 7. The Bertz CT molecular complexity index is 201. The normalized spacial score (nSPS) is 11.9. The third-order valence-corrected chi connectivity index (χ3v) is 2.11. The van der Waals surface area contributed by atoms with Gasteiger partial charge in [-0.2, -0.15) is 0 Å². The molecule has 0 bridgehead atoms. The Hall–Kier alpha value is -1.06. The smallest absolute Gasteiger partial charge is 0.305 e. The SMILES string of the molecule is CCCCC(CCC(=O)OC)OC(C)=O. The van der Waals surface area contributed by atoms with Crippen LogP contribution in [-0.2, 0) is 19.1 Å². The molecule has 0 spiro atoms. The third-order valence-electron chi connectivity index (χ3n) is 2.11. The molecule has 0 saturated heterocycles. The number of esters is 2. The van der Waals surface area contributed by atoms with Crippen LogP contribution in [0.2, 0.25) is 0 Å². The van der Waals surface area contributed by atoms with E-state index in [1.54, 1.807) is 0 Å². The molecule has 0 radical (unpaired) electrons. The van der Waals surface area contributed by atoms with Crippen molar-refractivity contribution < 1.29 is 19.1 Å². The summed E-state index contributed by atoms with van der Waals surface area (Å²) in [4.78, 5) is 21.7. The minimum atomic E-state index is -0.291. The molecule has 0 amide bonds. The molecule has 0 aliphatic carbocycles. The molecule has 0 fully saturated rings. The molecule has 0 saturated carbocycles. The van der Waals surface area contributed by atoms with Crippen LogP contribution in [0, 0.1) is 0 Å². The second-order valence-electron chi connectivity index (χ2n) is 3.49. The summed E-state index contributed by atoms with van der Waals surface area (Å²) in [5.41, 5.74) is 0. The third kappa shape index (κ3) is 7.97. The van der Waals surface area contributed by atoms with Crippen LogP contribution in [0.4, 0.5) is 0 Å². The van der Waals surface area contributed by atoms with Gasteiger partial charge in [-0.15, -0.1) is 0 Å².